The van der Waals surface area contributed by atoms with E-state index in [0.717, 1.165) is 17.4 Å². The van der Waals surface area contributed by atoms with Crippen molar-refractivity contribution in [1.82, 2.24) is 10.3 Å². The molecule has 3 rings (SSSR count). The number of nitrogens with zero attached hydrogens (tertiary/aromatic N) is 1. The lowest BCUT2D eigenvalue weighted by atomic mass is 10.1. The fourth-order valence-electron chi connectivity index (χ4n) is 2.04. The number of para-hydroxylation sites is 1. The molecule has 0 bridgehead atoms. The molecule has 1 saturated carbocycles. The molecule has 0 spiro atoms. The maximum absolute atomic E-state index is 12.1. The number of rotatable bonds is 3. The number of carbonyl (C=O) groups is 1. The SMILES string of the molecule is Nc1cc(C(=O)NCC2CC2)c2ccccc2n1. The number of carbonyl (C=O) groups excluding carboxylic acids is 1. The highest BCUT2D eigenvalue weighted by atomic mass is 16.1. The molecule has 1 fully saturated rings. The number of benzene rings is 1. The molecule has 3 N–H and O–H groups in total. The van der Waals surface area contributed by atoms with Gasteiger partial charge in [0.15, 0.2) is 0 Å². The molecule has 18 heavy (non-hydrogen) atoms. The summed E-state index contributed by atoms with van der Waals surface area (Å²) < 4.78 is 0. The average Bonchev–Trinajstić information content (AvgIpc) is 3.19. The van der Waals surface area contributed by atoms with E-state index >= 15 is 0 Å². The first kappa shape index (κ1) is 11.0. The van der Waals surface area contributed by atoms with Crippen LogP contribution in [0.1, 0.15) is 23.2 Å². The first-order valence-corrected chi connectivity index (χ1v) is 6.17. The predicted octanol–water partition coefficient (Wildman–Crippen LogP) is 1.96. The summed E-state index contributed by atoms with van der Waals surface area (Å²) in [6.07, 6.45) is 2.44. The van der Waals surface area contributed by atoms with E-state index in [4.69, 9.17) is 5.73 Å². The molecule has 4 heteroatoms. The molecule has 0 aliphatic heterocycles. The first-order chi connectivity index (χ1) is 8.74. The van der Waals surface area contributed by atoms with Gasteiger partial charge in [0.05, 0.1) is 11.1 Å². The Labute approximate surface area is 105 Å². The van der Waals surface area contributed by atoms with Crippen LogP contribution in [-0.4, -0.2) is 17.4 Å². The van der Waals surface area contributed by atoms with Gasteiger partial charge in [0.2, 0.25) is 0 Å². The van der Waals surface area contributed by atoms with Gasteiger partial charge in [0, 0.05) is 11.9 Å². The fourth-order valence-corrected chi connectivity index (χ4v) is 2.04. The lowest BCUT2D eigenvalue weighted by molar-refractivity contribution is 0.0953. The van der Waals surface area contributed by atoms with E-state index < -0.39 is 0 Å². The highest BCUT2D eigenvalue weighted by Gasteiger charge is 2.22. The van der Waals surface area contributed by atoms with E-state index in [1.165, 1.54) is 12.8 Å². The van der Waals surface area contributed by atoms with Gasteiger partial charge in [-0.15, -0.1) is 0 Å². The Bertz CT molecular complexity index is 605. The van der Waals surface area contributed by atoms with Crippen LogP contribution in [0.15, 0.2) is 30.3 Å². The zero-order valence-corrected chi connectivity index (χ0v) is 10.0. The molecule has 0 radical (unpaired) electrons. The second kappa shape index (κ2) is 4.29. The van der Waals surface area contributed by atoms with E-state index in [1.807, 2.05) is 24.3 Å². The maximum atomic E-state index is 12.1. The number of aromatic nitrogens is 1. The topological polar surface area (TPSA) is 68.0 Å². The number of fused-ring (bicyclic) bond motifs is 1. The van der Waals surface area contributed by atoms with Crippen molar-refractivity contribution in [3.8, 4) is 0 Å². The van der Waals surface area contributed by atoms with Crippen LogP contribution in [0.4, 0.5) is 5.82 Å². The van der Waals surface area contributed by atoms with Gasteiger partial charge in [-0.2, -0.15) is 0 Å². The summed E-state index contributed by atoms with van der Waals surface area (Å²) in [4.78, 5) is 16.4. The standard InChI is InChI=1S/C14H15N3O/c15-13-7-11(14(18)16-8-9-5-6-9)10-3-1-2-4-12(10)17-13/h1-4,7,9H,5-6,8H2,(H2,15,17)(H,16,18). The Morgan fingerprint density at radius 2 is 2.17 bits per heavy atom. The minimum atomic E-state index is -0.0628. The van der Waals surface area contributed by atoms with Crippen LogP contribution >= 0.6 is 0 Å². The molecule has 0 unspecified atom stereocenters. The summed E-state index contributed by atoms with van der Waals surface area (Å²) in [5.41, 5.74) is 7.11. The van der Waals surface area contributed by atoms with E-state index in [9.17, 15) is 4.79 Å². The van der Waals surface area contributed by atoms with E-state index in [0.29, 0.717) is 17.3 Å². The van der Waals surface area contributed by atoms with Crippen molar-refractivity contribution >= 4 is 22.6 Å². The highest BCUT2D eigenvalue weighted by Crippen LogP contribution is 2.28. The number of nitrogens with two attached hydrogens (primary N) is 1. The lowest BCUT2D eigenvalue weighted by Gasteiger charge is -2.08. The van der Waals surface area contributed by atoms with Gasteiger partial charge >= 0.3 is 0 Å². The second-order valence-electron chi connectivity index (χ2n) is 4.77. The van der Waals surface area contributed by atoms with Gasteiger partial charge in [-0.05, 0) is 30.9 Å². The normalized spacial score (nSPS) is 14.7. The smallest absolute Gasteiger partial charge is 0.252 e. The summed E-state index contributed by atoms with van der Waals surface area (Å²) in [6.45, 7) is 0.759. The highest BCUT2D eigenvalue weighted by molar-refractivity contribution is 6.06. The van der Waals surface area contributed by atoms with Gasteiger partial charge in [0.1, 0.15) is 5.82 Å². The van der Waals surface area contributed by atoms with Crippen molar-refractivity contribution in [2.45, 2.75) is 12.8 Å². The summed E-state index contributed by atoms with van der Waals surface area (Å²) in [7, 11) is 0. The van der Waals surface area contributed by atoms with Gasteiger partial charge in [-0.25, -0.2) is 4.98 Å². The van der Waals surface area contributed by atoms with E-state index in [2.05, 4.69) is 10.3 Å². The molecular weight excluding hydrogens is 226 g/mol. The maximum Gasteiger partial charge on any atom is 0.252 e. The number of nitrogens with one attached hydrogen (secondary N) is 1. The van der Waals surface area contributed by atoms with Gasteiger partial charge < -0.3 is 11.1 Å². The van der Waals surface area contributed by atoms with Crippen LogP contribution in [0.5, 0.6) is 0 Å². The zero-order valence-electron chi connectivity index (χ0n) is 10.0. The molecule has 4 nitrogen and oxygen atoms in total. The molecule has 0 saturated heterocycles. The molecule has 1 aromatic carbocycles. The minimum Gasteiger partial charge on any atom is -0.384 e. The van der Waals surface area contributed by atoms with Crippen LogP contribution in [-0.2, 0) is 0 Å². The van der Waals surface area contributed by atoms with Crippen molar-refractivity contribution in [3.05, 3.63) is 35.9 Å². The fraction of sp³-hybridized carbons (Fsp3) is 0.286. The van der Waals surface area contributed by atoms with Gasteiger partial charge in [-0.3, -0.25) is 4.79 Å². The summed E-state index contributed by atoms with van der Waals surface area (Å²) in [5.74, 6) is 0.983. The number of amides is 1. The molecule has 0 atom stereocenters. The first-order valence-electron chi connectivity index (χ1n) is 6.17. The number of nitrogen functional groups attached to an aromatic ring is 1. The third-order valence-electron chi connectivity index (χ3n) is 3.23. The average molecular weight is 241 g/mol. The van der Waals surface area contributed by atoms with Crippen molar-refractivity contribution in [2.24, 2.45) is 5.92 Å². The summed E-state index contributed by atoms with van der Waals surface area (Å²) in [6, 6.07) is 9.19. The Morgan fingerprint density at radius 1 is 1.39 bits per heavy atom. The third kappa shape index (κ3) is 2.14. The van der Waals surface area contributed by atoms with Crippen molar-refractivity contribution in [3.63, 3.8) is 0 Å². The molecule has 2 aromatic rings. The van der Waals surface area contributed by atoms with Crippen molar-refractivity contribution in [2.75, 3.05) is 12.3 Å². The monoisotopic (exact) mass is 241 g/mol. The summed E-state index contributed by atoms with van der Waals surface area (Å²) in [5, 5.41) is 3.81. The zero-order chi connectivity index (χ0) is 12.5. The Morgan fingerprint density at radius 3 is 2.94 bits per heavy atom. The minimum absolute atomic E-state index is 0.0628. The quantitative estimate of drug-likeness (QED) is 0.863. The van der Waals surface area contributed by atoms with Crippen LogP contribution in [0, 0.1) is 5.92 Å². The van der Waals surface area contributed by atoms with Gasteiger partial charge in [0.25, 0.3) is 5.91 Å². The Balaban J connectivity index is 1.95. The molecule has 1 amide bonds. The number of pyridine rings is 1. The number of hydrogen-bond acceptors (Lipinski definition) is 3. The van der Waals surface area contributed by atoms with Crippen LogP contribution in [0.2, 0.25) is 0 Å². The number of hydrogen-bond donors (Lipinski definition) is 2. The van der Waals surface area contributed by atoms with E-state index in [-0.39, 0.29) is 5.91 Å². The molecule has 92 valence electrons. The molecule has 1 aliphatic rings. The van der Waals surface area contributed by atoms with Crippen molar-refractivity contribution in [1.29, 1.82) is 0 Å². The molecule has 1 heterocycles. The lowest BCUT2D eigenvalue weighted by Crippen LogP contribution is -2.26. The molecule has 1 aromatic heterocycles. The van der Waals surface area contributed by atoms with Gasteiger partial charge in [-0.1, -0.05) is 18.2 Å². The summed E-state index contributed by atoms with van der Waals surface area (Å²) >= 11 is 0. The van der Waals surface area contributed by atoms with Crippen LogP contribution in [0.3, 0.4) is 0 Å². The Kier molecular flexibility index (Phi) is 2.63. The van der Waals surface area contributed by atoms with Crippen LogP contribution < -0.4 is 11.1 Å². The third-order valence-corrected chi connectivity index (χ3v) is 3.23. The molecular formula is C14H15N3O. The largest absolute Gasteiger partial charge is 0.384 e. The Hall–Kier alpha value is -2.10. The number of anilines is 1. The molecule has 1 aliphatic carbocycles. The van der Waals surface area contributed by atoms with Crippen molar-refractivity contribution < 1.29 is 4.79 Å². The van der Waals surface area contributed by atoms with E-state index in [1.54, 1.807) is 6.07 Å². The second-order valence-corrected chi connectivity index (χ2v) is 4.77. The predicted molar refractivity (Wildman–Crippen MR) is 71.2 cm³/mol. The van der Waals surface area contributed by atoms with Crippen LogP contribution in [0.25, 0.3) is 10.9 Å².